The zero-order valence-electron chi connectivity index (χ0n) is 35.5. The number of aliphatic hydroxyl groups is 1. The highest BCUT2D eigenvalue weighted by molar-refractivity contribution is 6.23. The summed E-state index contributed by atoms with van der Waals surface area (Å²) in [6.45, 7) is 4.12. The molecule has 1 atom stereocenters. The van der Waals surface area contributed by atoms with E-state index in [0.717, 1.165) is 53.5 Å². The van der Waals surface area contributed by atoms with Crippen molar-refractivity contribution in [2.45, 2.75) is 43.9 Å². The molecule has 63 heavy (non-hydrogen) atoms. The number of hydrogen-bond acceptors (Lipinski definition) is 11. The van der Waals surface area contributed by atoms with Crippen molar-refractivity contribution >= 4 is 51.5 Å². The van der Waals surface area contributed by atoms with Crippen molar-refractivity contribution in [1.29, 1.82) is 0 Å². The largest absolute Gasteiger partial charge is 0.481 e. The average molecular weight is 848 g/mol. The first-order chi connectivity index (χ1) is 30.6. The number of aldehydes is 1. The number of likely N-dealkylation sites (N-methyl/N-ethyl adjacent to an activating group) is 2. The van der Waals surface area contributed by atoms with Gasteiger partial charge >= 0.3 is 0 Å². The van der Waals surface area contributed by atoms with Crippen molar-refractivity contribution in [3.8, 4) is 34.6 Å². The van der Waals surface area contributed by atoms with Gasteiger partial charge in [-0.2, -0.15) is 0 Å². The third kappa shape index (κ3) is 9.25. The number of nitrogens with one attached hydrogen (secondary N) is 1. The first kappa shape index (κ1) is 42.6. The number of rotatable bonds is 11. The summed E-state index contributed by atoms with van der Waals surface area (Å²) in [7, 11) is 5.63. The summed E-state index contributed by atoms with van der Waals surface area (Å²) < 4.78 is 13.7. The zero-order chi connectivity index (χ0) is 44.0. The van der Waals surface area contributed by atoms with Gasteiger partial charge in [0, 0.05) is 117 Å². The molecule has 14 nitrogen and oxygen atoms in total. The maximum atomic E-state index is 13.0. The van der Waals surface area contributed by atoms with Crippen molar-refractivity contribution < 1.29 is 33.8 Å². The number of pyridine rings is 2. The Bertz CT molecular complexity index is 2730. The van der Waals surface area contributed by atoms with Crippen molar-refractivity contribution in [2.24, 2.45) is 7.05 Å². The molecule has 322 valence electrons. The Morgan fingerprint density at radius 1 is 0.905 bits per heavy atom. The highest BCUT2D eigenvalue weighted by Gasteiger charge is 2.42. The number of aryl methyl sites for hydroxylation is 1. The summed E-state index contributed by atoms with van der Waals surface area (Å²) in [5.74, 6) is 5.48. The Balaban J connectivity index is 0.000000183. The van der Waals surface area contributed by atoms with Gasteiger partial charge in [0.25, 0.3) is 11.8 Å². The van der Waals surface area contributed by atoms with Crippen LogP contribution in [0.1, 0.15) is 52.0 Å². The molecule has 2 fully saturated rings. The molecule has 1 saturated carbocycles. The predicted octanol–water partition coefficient (Wildman–Crippen LogP) is 5.25. The predicted molar refractivity (Wildman–Crippen MR) is 240 cm³/mol. The Morgan fingerprint density at radius 2 is 1.70 bits per heavy atom. The van der Waals surface area contributed by atoms with Crippen LogP contribution in [-0.4, -0.2) is 119 Å². The van der Waals surface area contributed by atoms with Gasteiger partial charge in [-0.15, -0.1) is 0 Å². The minimum absolute atomic E-state index is 0.0524. The number of carbonyl (C=O) groups excluding carboxylic acids is 4. The number of aromatic nitrogens is 3. The first-order valence-electron chi connectivity index (χ1n) is 21.1. The van der Waals surface area contributed by atoms with E-state index in [4.69, 9.17) is 9.47 Å². The minimum Gasteiger partial charge on any atom is -0.481 e. The monoisotopic (exact) mass is 847 g/mol. The molecule has 1 saturated heterocycles. The number of ether oxygens (including phenoxy) is 2. The summed E-state index contributed by atoms with van der Waals surface area (Å²) in [5, 5.41) is 14.2. The van der Waals surface area contributed by atoms with E-state index in [1.54, 1.807) is 6.07 Å². The summed E-state index contributed by atoms with van der Waals surface area (Å²) >= 11 is 0. The zero-order valence-corrected chi connectivity index (χ0v) is 35.5. The average Bonchev–Trinajstić information content (AvgIpc) is 3.72. The molecule has 3 amide bonds. The molecule has 6 aromatic rings. The number of anilines is 1. The molecule has 0 spiro atoms. The van der Waals surface area contributed by atoms with Gasteiger partial charge < -0.3 is 39.1 Å². The maximum absolute atomic E-state index is 13.0. The molecule has 14 heteroatoms. The summed E-state index contributed by atoms with van der Waals surface area (Å²) in [4.78, 5) is 63.3. The van der Waals surface area contributed by atoms with Crippen LogP contribution in [0.4, 0.5) is 5.69 Å². The van der Waals surface area contributed by atoms with E-state index >= 15 is 0 Å². The lowest BCUT2D eigenvalue weighted by Gasteiger charge is -2.34. The van der Waals surface area contributed by atoms with Crippen LogP contribution in [0.5, 0.6) is 11.6 Å². The van der Waals surface area contributed by atoms with Gasteiger partial charge in [-0.3, -0.25) is 24.3 Å². The number of nitrogens with zero attached hydrogens (tertiary/aromatic N) is 6. The summed E-state index contributed by atoms with van der Waals surface area (Å²) in [5.41, 5.74) is 6.92. The molecule has 2 N–H and O–H groups in total. The van der Waals surface area contributed by atoms with Gasteiger partial charge in [-0.1, -0.05) is 30.0 Å². The smallest absolute Gasteiger partial charge is 0.262 e. The van der Waals surface area contributed by atoms with E-state index in [9.17, 15) is 24.3 Å². The molecule has 0 bridgehead atoms. The fourth-order valence-electron chi connectivity index (χ4n) is 8.14. The normalized spacial score (nSPS) is 17.5. The number of carbonyl (C=O) groups is 4. The van der Waals surface area contributed by atoms with Crippen LogP contribution in [0, 0.1) is 11.8 Å². The Hall–Kier alpha value is -7.08. The van der Waals surface area contributed by atoms with Crippen LogP contribution < -0.4 is 19.7 Å². The standard InChI is InChI=1S/C28H30N4O5.C21H19N3O2/c1-29-26(34)25(9-4-16-33)32-27(35)23-11-10-22(19-24(23)28(32)36)37-17-5-7-20-6-3-8-21(18-20)31-14-12-30(2)13-15-31;1-24-19-6-7-22-12-18(19)17-4-2-13(8-20(17)24)14-3-5-21(23-11-14)26-16-9-15(25)10-16/h3,6,8,10-11,16,18-19,25H,4,9,12-15,17H2,1-2H3,(H,29,34);2-8,11-12,15-16,25H,9-10H2,1H3. The number of piperazine rings is 1. The highest BCUT2D eigenvalue weighted by Crippen LogP contribution is 2.33. The van der Waals surface area contributed by atoms with Gasteiger partial charge in [-0.05, 0) is 73.6 Å². The van der Waals surface area contributed by atoms with Gasteiger partial charge in [0.1, 0.15) is 30.8 Å². The van der Waals surface area contributed by atoms with E-state index in [1.807, 2.05) is 48.9 Å². The van der Waals surface area contributed by atoms with Gasteiger partial charge in [0.2, 0.25) is 11.8 Å². The van der Waals surface area contributed by atoms with Crippen LogP contribution in [0.3, 0.4) is 0 Å². The number of fused-ring (bicyclic) bond motifs is 4. The second-order valence-electron chi connectivity index (χ2n) is 15.9. The molecule has 3 aliphatic rings. The van der Waals surface area contributed by atoms with Gasteiger partial charge in [0.15, 0.2) is 0 Å². The Morgan fingerprint density at radius 3 is 2.44 bits per heavy atom. The molecule has 9 rings (SSSR count). The minimum atomic E-state index is -1.06. The van der Waals surface area contributed by atoms with Crippen molar-refractivity contribution in [1.82, 2.24) is 29.7 Å². The Labute approximate surface area is 365 Å². The molecular weight excluding hydrogens is 799 g/mol. The van der Waals surface area contributed by atoms with Crippen LogP contribution in [-0.2, 0) is 16.6 Å². The number of amides is 3. The van der Waals surface area contributed by atoms with E-state index in [2.05, 4.69) is 85.9 Å². The first-order valence-corrected chi connectivity index (χ1v) is 21.1. The lowest BCUT2D eigenvalue weighted by atomic mass is 9.92. The number of benzene rings is 3. The molecule has 0 radical (unpaired) electrons. The molecule has 3 aromatic heterocycles. The number of hydrogen-bond donors (Lipinski definition) is 2. The molecule has 2 aliphatic heterocycles. The van der Waals surface area contributed by atoms with Crippen LogP contribution in [0.2, 0.25) is 0 Å². The van der Waals surface area contributed by atoms with Gasteiger partial charge in [0.05, 0.1) is 22.7 Å². The fraction of sp³-hybridized carbons (Fsp3) is 0.306. The summed E-state index contributed by atoms with van der Waals surface area (Å²) in [6, 6.07) is 24.1. The lowest BCUT2D eigenvalue weighted by Crippen LogP contribution is -2.48. The van der Waals surface area contributed by atoms with Gasteiger partial charge in [-0.25, -0.2) is 4.98 Å². The SMILES string of the molecule is CNC(=O)C(CCC=O)N1C(=O)c2ccc(OCC#Cc3cccc(N4CCN(C)CC4)c3)cc2C1=O.Cn1c2ccncc2c2ccc(-c3ccc(OC4CC(O)C4)nc3)cc21. The Kier molecular flexibility index (Phi) is 12.8. The second kappa shape index (κ2) is 18.9. The van der Waals surface area contributed by atoms with E-state index in [-0.39, 0.29) is 42.8 Å². The summed E-state index contributed by atoms with van der Waals surface area (Å²) in [6.07, 6.45) is 7.60. The fourth-order valence-corrected chi connectivity index (χ4v) is 8.14. The molecular formula is C49H49N7O7. The second-order valence-corrected chi connectivity index (χ2v) is 15.9. The number of imide groups is 1. The van der Waals surface area contributed by atoms with E-state index in [1.165, 1.54) is 41.0 Å². The highest BCUT2D eigenvalue weighted by atomic mass is 16.5. The van der Waals surface area contributed by atoms with Crippen LogP contribution >= 0.6 is 0 Å². The molecule has 1 aliphatic carbocycles. The maximum Gasteiger partial charge on any atom is 0.262 e. The van der Waals surface area contributed by atoms with Crippen molar-refractivity contribution in [3.05, 3.63) is 114 Å². The van der Waals surface area contributed by atoms with Crippen LogP contribution in [0.25, 0.3) is 32.9 Å². The third-order valence-electron chi connectivity index (χ3n) is 11.8. The van der Waals surface area contributed by atoms with E-state index < -0.39 is 23.8 Å². The molecule has 5 heterocycles. The lowest BCUT2D eigenvalue weighted by molar-refractivity contribution is -0.124. The van der Waals surface area contributed by atoms with E-state index in [0.29, 0.717) is 30.8 Å². The quantitative estimate of drug-likeness (QED) is 0.0997. The molecule has 1 unspecified atom stereocenters. The van der Waals surface area contributed by atoms with Crippen molar-refractivity contribution in [3.63, 3.8) is 0 Å². The number of aliphatic hydroxyl groups excluding tert-OH is 1. The van der Waals surface area contributed by atoms with Crippen molar-refractivity contribution in [2.75, 3.05) is 51.8 Å². The topological polar surface area (TPSA) is 159 Å². The van der Waals surface area contributed by atoms with Crippen LogP contribution in [0.15, 0.2) is 97.5 Å². The third-order valence-corrected chi connectivity index (χ3v) is 11.8. The molecule has 3 aromatic carbocycles.